The van der Waals surface area contributed by atoms with Crippen molar-refractivity contribution in [2.45, 2.75) is 38.6 Å². The number of primary amides is 1. The molecule has 0 saturated carbocycles. The van der Waals surface area contributed by atoms with Gasteiger partial charge in [0, 0.05) is 31.6 Å². The van der Waals surface area contributed by atoms with Crippen LogP contribution in [0.2, 0.25) is 0 Å². The molecule has 0 aliphatic carbocycles. The van der Waals surface area contributed by atoms with Gasteiger partial charge in [0.25, 0.3) is 0 Å². The minimum absolute atomic E-state index is 0.0430. The SMILES string of the molecule is CC1CCC(C(=O)N2CCC(C(N)=O)CC2)CN1. The van der Waals surface area contributed by atoms with Crippen LogP contribution in [-0.2, 0) is 9.59 Å². The third-order valence-electron chi connectivity index (χ3n) is 4.22. The van der Waals surface area contributed by atoms with Gasteiger partial charge in [0.15, 0.2) is 0 Å². The second-order valence-electron chi connectivity index (χ2n) is 5.59. The summed E-state index contributed by atoms with van der Waals surface area (Å²) in [7, 11) is 0. The van der Waals surface area contributed by atoms with Crippen LogP contribution in [-0.4, -0.2) is 42.4 Å². The largest absolute Gasteiger partial charge is 0.369 e. The van der Waals surface area contributed by atoms with Gasteiger partial charge in [-0.3, -0.25) is 9.59 Å². The average Bonchev–Trinajstić information content (AvgIpc) is 2.39. The van der Waals surface area contributed by atoms with Crippen LogP contribution in [0.1, 0.15) is 32.6 Å². The van der Waals surface area contributed by atoms with Crippen molar-refractivity contribution in [2.75, 3.05) is 19.6 Å². The van der Waals surface area contributed by atoms with Gasteiger partial charge in [0.05, 0.1) is 5.92 Å². The number of nitrogens with one attached hydrogen (secondary N) is 1. The average molecular weight is 253 g/mol. The maximum absolute atomic E-state index is 12.3. The van der Waals surface area contributed by atoms with Crippen molar-refractivity contribution >= 4 is 11.8 Å². The topological polar surface area (TPSA) is 75.4 Å². The maximum Gasteiger partial charge on any atom is 0.226 e. The summed E-state index contributed by atoms with van der Waals surface area (Å²) in [4.78, 5) is 25.3. The first kappa shape index (κ1) is 13.3. The number of piperidine rings is 2. The Balaban J connectivity index is 1.82. The number of hydrogen-bond acceptors (Lipinski definition) is 3. The van der Waals surface area contributed by atoms with Gasteiger partial charge in [0.2, 0.25) is 11.8 Å². The maximum atomic E-state index is 12.3. The first-order valence-corrected chi connectivity index (χ1v) is 6.89. The van der Waals surface area contributed by atoms with Gasteiger partial charge in [-0.1, -0.05) is 0 Å². The first-order chi connectivity index (χ1) is 8.58. The fourth-order valence-corrected chi connectivity index (χ4v) is 2.85. The third-order valence-corrected chi connectivity index (χ3v) is 4.22. The smallest absolute Gasteiger partial charge is 0.226 e. The predicted molar refractivity (Wildman–Crippen MR) is 68.7 cm³/mol. The highest BCUT2D eigenvalue weighted by Crippen LogP contribution is 2.21. The van der Waals surface area contributed by atoms with Crippen LogP contribution in [0, 0.1) is 11.8 Å². The van der Waals surface area contributed by atoms with Gasteiger partial charge < -0.3 is 16.0 Å². The van der Waals surface area contributed by atoms with Crippen LogP contribution in [0.4, 0.5) is 0 Å². The summed E-state index contributed by atoms with van der Waals surface area (Å²) < 4.78 is 0. The summed E-state index contributed by atoms with van der Waals surface area (Å²) in [6, 6.07) is 0.523. The van der Waals surface area contributed by atoms with Crippen LogP contribution < -0.4 is 11.1 Å². The van der Waals surface area contributed by atoms with Crippen molar-refractivity contribution in [2.24, 2.45) is 17.6 Å². The Morgan fingerprint density at radius 2 is 1.78 bits per heavy atom. The molecule has 3 N–H and O–H groups in total. The lowest BCUT2D eigenvalue weighted by Crippen LogP contribution is -2.48. The molecule has 2 unspecified atom stereocenters. The number of carbonyl (C=O) groups excluding carboxylic acids is 2. The Kier molecular flexibility index (Phi) is 4.22. The van der Waals surface area contributed by atoms with Gasteiger partial charge >= 0.3 is 0 Å². The van der Waals surface area contributed by atoms with Gasteiger partial charge in [-0.25, -0.2) is 0 Å². The number of nitrogens with zero attached hydrogens (tertiary/aromatic N) is 1. The lowest BCUT2D eigenvalue weighted by Gasteiger charge is -2.35. The highest BCUT2D eigenvalue weighted by Gasteiger charge is 2.31. The van der Waals surface area contributed by atoms with E-state index in [1.165, 1.54) is 0 Å². The fraction of sp³-hybridized carbons (Fsp3) is 0.846. The molecule has 102 valence electrons. The molecule has 0 aromatic rings. The van der Waals surface area contributed by atoms with Crippen LogP contribution in [0.25, 0.3) is 0 Å². The lowest BCUT2D eigenvalue weighted by molar-refractivity contribution is -0.139. The predicted octanol–water partition coefficient (Wildman–Crippen LogP) is 0.0984. The molecule has 0 radical (unpaired) electrons. The molecule has 2 aliphatic rings. The lowest BCUT2D eigenvalue weighted by atomic mass is 9.91. The highest BCUT2D eigenvalue weighted by atomic mass is 16.2. The number of rotatable bonds is 2. The van der Waals surface area contributed by atoms with E-state index in [1.807, 2.05) is 4.90 Å². The van der Waals surface area contributed by atoms with Crippen LogP contribution in [0.3, 0.4) is 0 Å². The van der Waals surface area contributed by atoms with E-state index in [9.17, 15) is 9.59 Å². The molecule has 0 aromatic carbocycles. The molecule has 5 nitrogen and oxygen atoms in total. The molecule has 2 atom stereocenters. The van der Waals surface area contributed by atoms with E-state index in [0.717, 1.165) is 32.2 Å². The molecule has 18 heavy (non-hydrogen) atoms. The summed E-state index contributed by atoms with van der Waals surface area (Å²) in [5.74, 6) is 0.0949. The summed E-state index contributed by atoms with van der Waals surface area (Å²) in [6.07, 6.45) is 3.48. The van der Waals surface area contributed by atoms with E-state index in [-0.39, 0.29) is 23.7 Å². The van der Waals surface area contributed by atoms with Crippen molar-refractivity contribution in [3.63, 3.8) is 0 Å². The molecule has 0 spiro atoms. The minimum Gasteiger partial charge on any atom is -0.369 e. The zero-order valence-corrected chi connectivity index (χ0v) is 11.0. The molecule has 2 saturated heterocycles. The minimum atomic E-state index is -0.227. The molecule has 2 aliphatic heterocycles. The van der Waals surface area contributed by atoms with Crippen LogP contribution in [0.5, 0.6) is 0 Å². The van der Waals surface area contributed by atoms with E-state index < -0.39 is 0 Å². The summed E-state index contributed by atoms with van der Waals surface area (Å²) in [5, 5.41) is 3.36. The number of carbonyl (C=O) groups is 2. The van der Waals surface area contributed by atoms with E-state index in [4.69, 9.17) is 5.73 Å². The number of nitrogens with two attached hydrogens (primary N) is 1. The van der Waals surface area contributed by atoms with E-state index in [1.54, 1.807) is 0 Å². The zero-order valence-electron chi connectivity index (χ0n) is 11.0. The molecule has 5 heteroatoms. The highest BCUT2D eigenvalue weighted by molar-refractivity contribution is 5.80. The van der Waals surface area contributed by atoms with Crippen molar-refractivity contribution in [1.29, 1.82) is 0 Å². The zero-order chi connectivity index (χ0) is 13.1. The second kappa shape index (κ2) is 5.69. The molecular weight excluding hydrogens is 230 g/mol. The Morgan fingerprint density at radius 1 is 1.11 bits per heavy atom. The van der Waals surface area contributed by atoms with Crippen molar-refractivity contribution in [3.05, 3.63) is 0 Å². The van der Waals surface area contributed by atoms with Crippen molar-refractivity contribution in [3.8, 4) is 0 Å². The van der Waals surface area contributed by atoms with Crippen molar-refractivity contribution < 1.29 is 9.59 Å². The van der Waals surface area contributed by atoms with E-state index >= 15 is 0 Å². The van der Waals surface area contributed by atoms with E-state index in [0.29, 0.717) is 19.1 Å². The number of amides is 2. The van der Waals surface area contributed by atoms with E-state index in [2.05, 4.69) is 12.2 Å². The van der Waals surface area contributed by atoms with Gasteiger partial charge in [-0.15, -0.1) is 0 Å². The van der Waals surface area contributed by atoms with Gasteiger partial charge in [-0.05, 0) is 32.6 Å². The quantitative estimate of drug-likeness (QED) is 0.733. The number of hydrogen-bond donors (Lipinski definition) is 2. The standard InChI is InChI=1S/C13H23N3O2/c1-9-2-3-11(8-15-9)13(18)16-6-4-10(5-7-16)12(14)17/h9-11,15H,2-8H2,1H3,(H2,14,17). The summed E-state index contributed by atoms with van der Waals surface area (Å²) >= 11 is 0. The van der Waals surface area contributed by atoms with Crippen LogP contribution in [0.15, 0.2) is 0 Å². The monoisotopic (exact) mass is 253 g/mol. The molecule has 2 amide bonds. The molecule has 2 heterocycles. The van der Waals surface area contributed by atoms with Gasteiger partial charge in [-0.2, -0.15) is 0 Å². The Bertz CT molecular complexity index is 316. The molecule has 0 bridgehead atoms. The molecule has 2 fully saturated rings. The Labute approximate surface area is 108 Å². The van der Waals surface area contributed by atoms with Gasteiger partial charge in [0.1, 0.15) is 0 Å². The fourth-order valence-electron chi connectivity index (χ4n) is 2.85. The molecule has 0 aromatic heterocycles. The summed E-state index contributed by atoms with van der Waals surface area (Å²) in [5.41, 5.74) is 5.29. The second-order valence-corrected chi connectivity index (χ2v) is 5.59. The Hall–Kier alpha value is -1.10. The molecular formula is C13H23N3O2. The third kappa shape index (κ3) is 3.02. The normalized spacial score (nSPS) is 30.2. The summed E-state index contributed by atoms with van der Waals surface area (Å²) in [6.45, 7) is 4.30. The number of likely N-dealkylation sites (tertiary alicyclic amines) is 1. The molecule has 2 rings (SSSR count). The Morgan fingerprint density at radius 3 is 2.28 bits per heavy atom. The first-order valence-electron chi connectivity index (χ1n) is 6.89. The van der Waals surface area contributed by atoms with Crippen LogP contribution >= 0.6 is 0 Å². The van der Waals surface area contributed by atoms with Crippen molar-refractivity contribution in [1.82, 2.24) is 10.2 Å².